The van der Waals surface area contributed by atoms with Crippen LogP contribution < -0.4 is 5.32 Å². The van der Waals surface area contributed by atoms with Crippen molar-refractivity contribution in [3.8, 4) is 0 Å². The molecule has 3 aromatic rings. The first kappa shape index (κ1) is 14.1. The lowest BCUT2D eigenvalue weighted by Crippen LogP contribution is -2.14. The first-order chi connectivity index (χ1) is 10.4. The molecule has 1 N–H and O–H groups in total. The topological polar surface area (TPSA) is 51.0 Å². The van der Waals surface area contributed by atoms with Crippen molar-refractivity contribution in [1.82, 2.24) is 15.3 Å². The second kappa shape index (κ2) is 6.74. The maximum absolute atomic E-state index is 5.74. The fourth-order valence-corrected chi connectivity index (χ4v) is 2.85. The minimum absolute atomic E-state index is 0.631. The summed E-state index contributed by atoms with van der Waals surface area (Å²) in [5.41, 5.74) is 2.85. The summed E-state index contributed by atoms with van der Waals surface area (Å²) >= 11 is 1.47. The Labute approximate surface area is 128 Å². The highest BCUT2D eigenvalue weighted by molar-refractivity contribution is 7.99. The number of nitrogens with zero attached hydrogens (tertiary/aromatic N) is 2. The summed E-state index contributed by atoms with van der Waals surface area (Å²) in [5, 5.41) is 4.97. The van der Waals surface area contributed by atoms with Gasteiger partial charge in [-0.25, -0.2) is 9.97 Å². The number of nitrogens with one attached hydrogen (secondary N) is 1. The number of hydrogen-bond donors (Lipinski definition) is 1. The molecular formula is C16H17N3OS. The fourth-order valence-electron chi connectivity index (χ4n) is 2.03. The van der Waals surface area contributed by atoms with Crippen LogP contribution >= 0.6 is 11.8 Å². The second-order valence-electron chi connectivity index (χ2n) is 4.69. The lowest BCUT2D eigenvalue weighted by molar-refractivity contribution is 0.489. The van der Waals surface area contributed by atoms with E-state index < -0.39 is 0 Å². The summed E-state index contributed by atoms with van der Waals surface area (Å²) < 4.78 is 5.74. The van der Waals surface area contributed by atoms with Crippen LogP contribution in [0.3, 0.4) is 0 Å². The predicted molar refractivity (Wildman–Crippen MR) is 84.4 cm³/mol. The third-order valence-corrected chi connectivity index (χ3v) is 3.96. The average Bonchev–Trinajstić information content (AvgIpc) is 2.91. The van der Waals surface area contributed by atoms with Crippen LogP contribution in [0.25, 0.3) is 11.1 Å². The van der Waals surface area contributed by atoms with E-state index >= 15 is 0 Å². The SMILES string of the molecule is CCCNCc1cccnc1Sc1nc2ccccc2o1. The van der Waals surface area contributed by atoms with Gasteiger partial charge in [-0.15, -0.1) is 0 Å². The highest BCUT2D eigenvalue weighted by atomic mass is 32.2. The Kier molecular flexibility index (Phi) is 4.52. The van der Waals surface area contributed by atoms with Gasteiger partial charge in [0.2, 0.25) is 0 Å². The number of aromatic nitrogens is 2. The monoisotopic (exact) mass is 299 g/mol. The Bertz CT molecular complexity index is 693. The van der Waals surface area contributed by atoms with E-state index in [1.165, 1.54) is 17.3 Å². The molecule has 0 aliphatic heterocycles. The van der Waals surface area contributed by atoms with Crippen LogP contribution in [0, 0.1) is 0 Å². The van der Waals surface area contributed by atoms with Crippen molar-refractivity contribution in [3.05, 3.63) is 48.2 Å². The molecule has 0 bridgehead atoms. The molecule has 2 heterocycles. The number of para-hydroxylation sites is 2. The van der Waals surface area contributed by atoms with Gasteiger partial charge in [-0.3, -0.25) is 0 Å². The summed E-state index contributed by atoms with van der Waals surface area (Å²) in [6, 6.07) is 11.8. The molecular weight excluding hydrogens is 282 g/mol. The fraction of sp³-hybridized carbons (Fsp3) is 0.250. The summed E-state index contributed by atoms with van der Waals surface area (Å²) in [4.78, 5) is 8.93. The first-order valence-electron chi connectivity index (χ1n) is 7.05. The third kappa shape index (κ3) is 3.43. The predicted octanol–water partition coefficient (Wildman–Crippen LogP) is 3.87. The highest BCUT2D eigenvalue weighted by Crippen LogP contribution is 2.30. The van der Waals surface area contributed by atoms with Gasteiger partial charge in [0.15, 0.2) is 5.58 Å². The molecule has 1 aromatic carbocycles. The molecule has 0 radical (unpaired) electrons. The molecule has 0 spiro atoms. The van der Waals surface area contributed by atoms with Gasteiger partial charge in [-0.1, -0.05) is 25.1 Å². The molecule has 0 fully saturated rings. The standard InChI is InChI=1S/C16H17N3OS/c1-2-9-17-11-12-6-5-10-18-15(12)21-16-19-13-7-3-4-8-14(13)20-16/h3-8,10,17H,2,9,11H2,1H3. The number of pyridine rings is 1. The third-order valence-electron chi connectivity index (χ3n) is 3.05. The Morgan fingerprint density at radius 2 is 2.10 bits per heavy atom. The van der Waals surface area contributed by atoms with Gasteiger partial charge in [0.05, 0.1) is 0 Å². The lowest BCUT2D eigenvalue weighted by Gasteiger charge is -2.06. The Morgan fingerprint density at radius 1 is 1.19 bits per heavy atom. The van der Waals surface area contributed by atoms with E-state index in [0.29, 0.717) is 5.22 Å². The van der Waals surface area contributed by atoms with E-state index in [1.54, 1.807) is 6.20 Å². The number of rotatable bonds is 6. The zero-order chi connectivity index (χ0) is 14.5. The van der Waals surface area contributed by atoms with E-state index in [9.17, 15) is 0 Å². The Morgan fingerprint density at radius 3 is 2.95 bits per heavy atom. The molecule has 0 atom stereocenters. The molecule has 0 amide bonds. The Hall–Kier alpha value is -1.85. The molecule has 0 aliphatic carbocycles. The smallest absolute Gasteiger partial charge is 0.263 e. The van der Waals surface area contributed by atoms with Gasteiger partial charge in [0.1, 0.15) is 10.5 Å². The van der Waals surface area contributed by atoms with Crippen molar-refractivity contribution in [2.24, 2.45) is 0 Å². The van der Waals surface area contributed by atoms with E-state index in [2.05, 4.69) is 28.3 Å². The molecule has 0 aliphatic rings. The number of fused-ring (bicyclic) bond motifs is 1. The van der Waals surface area contributed by atoms with E-state index in [4.69, 9.17) is 4.42 Å². The molecule has 3 rings (SSSR count). The van der Waals surface area contributed by atoms with Crippen LogP contribution in [-0.2, 0) is 6.54 Å². The van der Waals surface area contributed by atoms with Gasteiger partial charge < -0.3 is 9.73 Å². The minimum Gasteiger partial charge on any atom is -0.431 e. The van der Waals surface area contributed by atoms with Crippen LogP contribution in [0.5, 0.6) is 0 Å². The van der Waals surface area contributed by atoms with Gasteiger partial charge in [0.25, 0.3) is 5.22 Å². The molecule has 0 saturated heterocycles. The molecule has 4 nitrogen and oxygen atoms in total. The van der Waals surface area contributed by atoms with Crippen LogP contribution in [0.2, 0.25) is 0 Å². The van der Waals surface area contributed by atoms with Gasteiger partial charge in [0, 0.05) is 12.7 Å². The molecule has 21 heavy (non-hydrogen) atoms. The molecule has 0 saturated carbocycles. The van der Waals surface area contributed by atoms with Crippen LogP contribution in [0.15, 0.2) is 57.3 Å². The maximum Gasteiger partial charge on any atom is 0.263 e. The van der Waals surface area contributed by atoms with E-state index in [1.807, 2.05) is 30.3 Å². The number of hydrogen-bond acceptors (Lipinski definition) is 5. The van der Waals surface area contributed by atoms with Crippen molar-refractivity contribution in [2.45, 2.75) is 30.1 Å². The second-order valence-corrected chi connectivity index (χ2v) is 5.63. The van der Waals surface area contributed by atoms with Crippen LogP contribution in [-0.4, -0.2) is 16.5 Å². The summed E-state index contributed by atoms with van der Waals surface area (Å²) in [5.74, 6) is 0. The normalized spacial score (nSPS) is 11.1. The van der Waals surface area contributed by atoms with Crippen LogP contribution in [0.1, 0.15) is 18.9 Å². The van der Waals surface area contributed by atoms with Gasteiger partial charge in [-0.05, 0) is 48.5 Å². The van der Waals surface area contributed by atoms with E-state index in [0.717, 1.165) is 35.6 Å². The maximum atomic E-state index is 5.74. The highest BCUT2D eigenvalue weighted by Gasteiger charge is 2.11. The average molecular weight is 299 g/mol. The van der Waals surface area contributed by atoms with Gasteiger partial charge in [-0.2, -0.15) is 0 Å². The van der Waals surface area contributed by atoms with Crippen molar-refractivity contribution in [2.75, 3.05) is 6.54 Å². The largest absolute Gasteiger partial charge is 0.431 e. The van der Waals surface area contributed by atoms with Crippen LogP contribution in [0.4, 0.5) is 0 Å². The Balaban J connectivity index is 1.80. The zero-order valence-electron chi connectivity index (χ0n) is 11.9. The summed E-state index contributed by atoms with van der Waals surface area (Å²) in [7, 11) is 0. The molecule has 108 valence electrons. The zero-order valence-corrected chi connectivity index (χ0v) is 12.7. The molecule has 0 unspecified atom stereocenters. The van der Waals surface area contributed by atoms with Crippen molar-refractivity contribution < 1.29 is 4.42 Å². The minimum atomic E-state index is 0.631. The number of benzene rings is 1. The van der Waals surface area contributed by atoms with E-state index in [-0.39, 0.29) is 0 Å². The lowest BCUT2D eigenvalue weighted by atomic mass is 10.3. The quantitative estimate of drug-likeness (QED) is 0.700. The summed E-state index contributed by atoms with van der Waals surface area (Å²) in [6.45, 7) is 3.97. The first-order valence-corrected chi connectivity index (χ1v) is 7.86. The van der Waals surface area contributed by atoms with Gasteiger partial charge >= 0.3 is 0 Å². The molecule has 5 heteroatoms. The molecule has 2 aromatic heterocycles. The van der Waals surface area contributed by atoms with Crippen molar-refractivity contribution in [1.29, 1.82) is 0 Å². The summed E-state index contributed by atoms with van der Waals surface area (Å²) in [6.07, 6.45) is 2.92. The van der Waals surface area contributed by atoms with Crippen molar-refractivity contribution in [3.63, 3.8) is 0 Å². The van der Waals surface area contributed by atoms with Crippen molar-refractivity contribution >= 4 is 22.9 Å². The number of oxazole rings is 1.